The van der Waals surface area contributed by atoms with Crippen molar-refractivity contribution in [2.75, 3.05) is 0 Å². The number of halogens is 1. The normalized spacial score (nSPS) is 10.4. The molecule has 1 aromatic rings. The smallest absolute Gasteiger partial charge is 0.132 e. The van der Waals surface area contributed by atoms with Crippen molar-refractivity contribution in [3.63, 3.8) is 0 Å². The maximum atomic E-state index is 11.3. The van der Waals surface area contributed by atoms with E-state index in [1.165, 1.54) is 5.56 Å². The third-order valence-corrected chi connectivity index (χ3v) is 2.99. The first-order chi connectivity index (χ1) is 7.63. The summed E-state index contributed by atoms with van der Waals surface area (Å²) in [6.45, 7) is 4.06. The summed E-state index contributed by atoms with van der Waals surface area (Å²) in [5, 5.41) is 0.822. The molecule has 88 valence electrons. The van der Waals surface area contributed by atoms with Gasteiger partial charge in [0, 0.05) is 17.9 Å². The Morgan fingerprint density at radius 1 is 1.31 bits per heavy atom. The van der Waals surface area contributed by atoms with E-state index in [9.17, 15) is 4.79 Å². The summed E-state index contributed by atoms with van der Waals surface area (Å²) < 4.78 is 0. The fourth-order valence-corrected chi connectivity index (χ4v) is 2.06. The van der Waals surface area contributed by atoms with Gasteiger partial charge in [0.15, 0.2) is 0 Å². The Bertz CT molecular complexity index is 358. The number of ketones is 1. The highest BCUT2D eigenvalue weighted by Crippen LogP contribution is 2.19. The molecule has 1 aromatic carbocycles. The van der Waals surface area contributed by atoms with Crippen molar-refractivity contribution < 1.29 is 4.79 Å². The fourth-order valence-electron chi connectivity index (χ4n) is 1.73. The summed E-state index contributed by atoms with van der Waals surface area (Å²) in [6.07, 6.45) is 4.14. The van der Waals surface area contributed by atoms with Gasteiger partial charge in [0.2, 0.25) is 0 Å². The van der Waals surface area contributed by atoms with Gasteiger partial charge in [-0.15, -0.1) is 0 Å². The van der Waals surface area contributed by atoms with Crippen molar-refractivity contribution in [2.45, 2.75) is 46.0 Å². The van der Waals surface area contributed by atoms with E-state index in [-0.39, 0.29) is 0 Å². The summed E-state index contributed by atoms with van der Waals surface area (Å²) in [7, 11) is 0. The van der Waals surface area contributed by atoms with Gasteiger partial charge in [-0.2, -0.15) is 0 Å². The molecule has 0 amide bonds. The SMILES string of the molecule is CCCC(=O)CCCc1ccc(C)cc1Cl. The van der Waals surface area contributed by atoms with Crippen molar-refractivity contribution in [3.8, 4) is 0 Å². The van der Waals surface area contributed by atoms with Gasteiger partial charge in [-0.3, -0.25) is 4.79 Å². The number of hydrogen-bond acceptors (Lipinski definition) is 1. The lowest BCUT2D eigenvalue weighted by Gasteiger charge is -2.04. The Kier molecular flexibility index (Phi) is 5.54. The number of benzene rings is 1. The summed E-state index contributed by atoms with van der Waals surface area (Å²) in [5.41, 5.74) is 2.33. The standard InChI is InChI=1S/C14H19ClO/c1-3-5-13(16)7-4-6-12-9-8-11(2)10-14(12)15/h8-10H,3-7H2,1-2H3. The summed E-state index contributed by atoms with van der Waals surface area (Å²) in [5.74, 6) is 0.366. The lowest BCUT2D eigenvalue weighted by atomic mass is 10.0. The van der Waals surface area contributed by atoms with Crippen LogP contribution in [0.25, 0.3) is 0 Å². The number of hydrogen-bond donors (Lipinski definition) is 0. The minimum absolute atomic E-state index is 0.366. The molecule has 0 unspecified atom stereocenters. The van der Waals surface area contributed by atoms with Crippen LogP contribution in [0, 0.1) is 6.92 Å². The van der Waals surface area contributed by atoms with Gasteiger partial charge in [0.05, 0.1) is 0 Å². The Morgan fingerprint density at radius 2 is 2.06 bits per heavy atom. The zero-order valence-corrected chi connectivity index (χ0v) is 10.8. The monoisotopic (exact) mass is 238 g/mol. The first-order valence-electron chi connectivity index (χ1n) is 5.90. The fraction of sp³-hybridized carbons (Fsp3) is 0.500. The summed E-state index contributed by atoms with van der Waals surface area (Å²) in [4.78, 5) is 11.3. The zero-order valence-electron chi connectivity index (χ0n) is 10.1. The van der Waals surface area contributed by atoms with Gasteiger partial charge in [-0.1, -0.05) is 30.7 Å². The van der Waals surface area contributed by atoms with Crippen molar-refractivity contribution in [1.29, 1.82) is 0 Å². The molecular weight excluding hydrogens is 220 g/mol. The van der Waals surface area contributed by atoms with E-state index in [0.29, 0.717) is 18.6 Å². The van der Waals surface area contributed by atoms with E-state index in [4.69, 9.17) is 11.6 Å². The molecule has 0 aliphatic heterocycles. The third kappa shape index (κ3) is 4.36. The third-order valence-electron chi connectivity index (χ3n) is 2.64. The van der Waals surface area contributed by atoms with Crippen LogP contribution in [-0.2, 0) is 11.2 Å². The molecule has 16 heavy (non-hydrogen) atoms. The molecule has 1 nitrogen and oxygen atoms in total. The maximum Gasteiger partial charge on any atom is 0.132 e. The topological polar surface area (TPSA) is 17.1 Å². The Morgan fingerprint density at radius 3 is 2.69 bits per heavy atom. The van der Waals surface area contributed by atoms with Gasteiger partial charge in [-0.05, 0) is 43.4 Å². The molecule has 0 aromatic heterocycles. The van der Waals surface area contributed by atoms with Crippen LogP contribution in [0.1, 0.15) is 43.7 Å². The van der Waals surface area contributed by atoms with Crippen molar-refractivity contribution >= 4 is 17.4 Å². The van der Waals surface area contributed by atoms with Crippen molar-refractivity contribution in [2.24, 2.45) is 0 Å². The molecule has 0 spiro atoms. The quantitative estimate of drug-likeness (QED) is 0.721. The average molecular weight is 239 g/mol. The van der Waals surface area contributed by atoms with E-state index >= 15 is 0 Å². The highest BCUT2D eigenvalue weighted by molar-refractivity contribution is 6.31. The van der Waals surface area contributed by atoms with E-state index in [1.807, 2.05) is 19.9 Å². The van der Waals surface area contributed by atoms with Gasteiger partial charge in [-0.25, -0.2) is 0 Å². The van der Waals surface area contributed by atoms with Crippen LogP contribution in [0.2, 0.25) is 5.02 Å². The van der Waals surface area contributed by atoms with Gasteiger partial charge < -0.3 is 0 Å². The first kappa shape index (κ1) is 13.2. The van der Waals surface area contributed by atoms with E-state index < -0.39 is 0 Å². The average Bonchev–Trinajstić information content (AvgIpc) is 2.22. The first-order valence-corrected chi connectivity index (χ1v) is 6.28. The number of rotatable bonds is 6. The van der Waals surface area contributed by atoms with Crippen molar-refractivity contribution in [3.05, 3.63) is 34.3 Å². The van der Waals surface area contributed by atoms with Crippen LogP contribution in [0.3, 0.4) is 0 Å². The molecule has 0 N–H and O–H groups in total. The maximum absolute atomic E-state index is 11.3. The lowest BCUT2D eigenvalue weighted by molar-refractivity contribution is -0.119. The second-order valence-electron chi connectivity index (χ2n) is 4.24. The van der Waals surface area contributed by atoms with Gasteiger partial charge >= 0.3 is 0 Å². The van der Waals surface area contributed by atoms with Crippen LogP contribution in [-0.4, -0.2) is 5.78 Å². The van der Waals surface area contributed by atoms with E-state index in [0.717, 1.165) is 29.8 Å². The van der Waals surface area contributed by atoms with Gasteiger partial charge in [0.25, 0.3) is 0 Å². The molecule has 2 heteroatoms. The van der Waals surface area contributed by atoms with Gasteiger partial charge in [0.1, 0.15) is 5.78 Å². The van der Waals surface area contributed by atoms with Crippen LogP contribution >= 0.6 is 11.6 Å². The number of aryl methyl sites for hydroxylation is 2. The number of Topliss-reactive ketones (excluding diaryl/α,β-unsaturated/α-hetero) is 1. The zero-order chi connectivity index (χ0) is 12.0. The molecule has 1 rings (SSSR count). The summed E-state index contributed by atoms with van der Waals surface area (Å²) >= 11 is 6.12. The van der Waals surface area contributed by atoms with E-state index in [1.54, 1.807) is 0 Å². The lowest BCUT2D eigenvalue weighted by Crippen LogP contribution is -1.98. The molecule has 0 atom stereocenters. The molecular formula is C14H19ClO. The minimum Gasteiger partial charge on any atom is -0.300 e. The van der Waals surface area contributed by atoms with Crippen LogP contribution in [0.5, 0.6) is 0 Å². The number of carbonyl (C=O) groups excluding carboxylic acids is 1. The highest BCUT2D eigenvalue weighted by atomic mass is 35.5. The molecule has 0 fully saturated rings. The molecule has 0 bridgehead atoms. The van der Waals surface area contributed by atoms with Crippen LogP contribution < -0.4 is 0 Å². The van der Waals surface area contributed by atoms with Crippen molar-refractivity contribution in [1.82, 2.24) is 0 Å². The molecule has 0 aliphatic carbocycles. The van der Waals surface area contributed by atoms with Crippen LogP contribution in [0.15, 0.2) is 18.2 Å². The molecule has 0 saturated heterocycles. The minimum atomic E-state index is 0.366. The second kappa shape index (κ2) is 6.70. The summed E-state index contributed by atoms with van der Waals surface area (Å²) in [6, 6.07) is 6.10. The number of carbonyl (C=O) groups is 1. The molecule has 0 aliphatic rings. The second-order valence-corrected chi connectivity index (χ2v) is 4.64. The molecule has 0 heterocycles. The Balaban J connectivity index is 2.40. The largest absolute Gasteiger partial charge is 0.300 e. The predicted octanol–water partition coefficient (Wildman–Crippen LogP) is 4.34. The predicted molar refractivity (Wildman–Crippen MR) is 69.0 cm³/mol. The van der Waals surface area contributed by atoms with Crippen LogP contribution in [0.4, 0.5) is 0 Å². The Hall–Kier alpha value is -0.820. The highest BCUT2D eigenvalue weighted by Gasteiger charge is 2.03. The molecule has 0 radical (unpaired) electrons. The Labute approximate surface area is 103 Å². The molecule has 0 saturated carbocycles. The van der Waals surface area contributed by atoms with E-state index in [2.05, 4.69) is 12.1 Å².